The lowest BCUT2D eigenvalue weighted by Gasteiger charge is -2.25. The summed E-state index contributed by atoms with van der Waals surface area (Å²) in [6, 6.07) is 6.93. The second-order valence-corrected chi connectivity index (χ2v) is 4.76. The molecule has 1 atom stereocenters. The van der Waals surface area contributed by atoms with Crippen molar-refractivity contribution < 1.29 is 24.2 Å². The van der Waals surface area contributed by atoms with E-state index in [1.807, 2.05) is 0 Å². The number of carboxylic acid groups (broad SMARTS) is 1. The molecule has 0 spiro atoms. The first-order valence-electron chi connectivity index (χ1n) is 6.55. The Kier molecular flexibility index (Phi) is 7.34. The Balaban J connectivity index is 2.86. The summed E-state index contributed by atoms with van der Waals surface area (Å²) in [4.78, 5) is 34.9. The topological polar surface area (TPSA) is 110 Å². The molecule has 120 valence electrons. The van der Waals surface area contributed by atoms with Gasteiger partial charge in [0.2, 0.25) is 0 Å². The molecule has 0 saturated carbocycles. The van der Waals surface area contributed by atoms with Crippen LogP contribution >= 0.6 is 11.6 Å². The number of amides is 1. The molecule has 1 aromatic rings. The fourth-order valence-corrected chi connectivity index (χ4v) is 1.81. The third-order valence-electron chi connectivity index (χ3n) is 2.82. The van der Waals surface area contributed by atoms with Gasteiger partial charge >= 0.3 is 11.9 Å². The lowest BCUT2D eigenvalue weighted by Crippen LogP contribution is -2.50. The Morgan fingerprint density at radius 1 is 1.27 bits per heavy atom. The van der Waals surface area contributed by atoms with Crippen molar-refractivity contribution in [3.63, 3.8) is 0 Å². The van der Waals surface area contributed by atoms with Crippen molar-refractivity contribution in [3.8, 4) is 0 Å². The van der Waals surface area contributed by atoms with E-state index in [2.05, 4.69) is 0 Å². The van der Waals surface area contributed by atoms with Gasteiger partial charge in [-0.2, -0.15) is 0 Å². The molecule has 0 aromatic heterocycles. The predicted molar refractivity (Wildman–Crippen MR) is 79.1 cm³/mol. The number of rotatable bonds is 8. The average Bonchev–Trinajstić information content (AvgIpc) is 2.52. The van der Waals surface area contributed by atoms with Crippen molar-refractivity contribution in [2.75, 3.05) is 12.5 Å². The number of aliphatic carboxylic acids is 1. The highest BCUT2D eigenvalue weighted by Crippen LogP contribution is 2.11. The zero-order valence-electron chi connectivity index (χ0n) is 11.8. The molecule has 3 N–H and O–H groups in total. The summed E-state index contributed by atoms with van der Waals surface area (Å²) < 4.78 is 4.86. The number of nitrogens with zero attached hydrogens (tertiary/aromatic N) is 1. The number of esters is 1. The second-order valence-electron chi connectivity index (χ2n) is 4.38. The fraction of sp³-hybridized carbons (Fsp3) is 0.357. The Labute approximate surface area is 132 Å². The van der Waals surface area contributed by atoms with E-state index >= 15 is 0 Å². The molecule has 22 heavy (non-hydrogen) atoms. The van der Waals surface area contributed by atoms with Crippen LogP contribution in [-0.4, -0.2) is 46.5 Å². The number of carboxylic acids is 1. The second kappa shape index (κ2) is 9.01. The van der Waals surface area contributed by atoms with E-state index in [-0.39, 0.29) is 30.9 Å². The van der Waals surface area contributed by atoms with E-state index in [4.69, 9.17) is 27.3 Å². The van der Waals surface area contributed by atoms with Crippen LogP contribution in [0.3, 0.4) is 0 Å². The number of hydrazine groups is 1. The number of ether oxygens (including phenoxy) is 1. The van der Waals surface area contributed by atoms with Crippen LogP contribution < -0.4 is 5.84 Å². The Hall–Kier alpha value is -2.12. The number of hydrogen-bond acceptors (Lipinski definition) is 5. The van der Waals surface area contributed by atoms with Crippen LogP contribution in [0.5, 0.6) is 0 Å². The van der Waals surface area contributed by atoms with Gasteiger partial charge in [0.25, 0.3) is 5.91 Å². The maximum absolute atomic E-state index is 12.2. The summed E-state index contributed by atoms with van der Waals surface area (Å²) in [5.74, 6) is 3.32. The van der Waals surface area contributed by atoms with Gasteiger partial charge in [0, 0.05) is 12.0 Å². The average molecular weight is 329 g/mol. The number of carbonyl (C=O) groups excluding carboxylic acids is 2. The highest BCUT2D eigenvalue weighted by molar-refractivity contribution is 6.18. The predicted octanol–water partition coefficient (Wildman–Crippen LogP) is 1.02. The van der Waals surface area contributed by atoms with E-state index in [1.165, 1.54) is 0 Å². The standard InChI is InChI=1S/C14H17ClN2O5/c15-8-9-22-14(21)11(6-7-12(18)19)17(16)13(20)10-4-2-1-3-5-10/h1-5,11H,6-9,16H2,(H,18,19). The summed E-state index contributed by atoms with van der Waals surface area (Å²) in [6.07, 6.45) is -0.470. The van der Waals surface area contributed by atoms with E-state index in [0.717, 1.165) is 0 Å². The molecular formula is C14H17ClN2O5. The number of carbonyl (C=O) groups is 3. The summed E-state index contributed by atoms with van der Waals surface area (Å²) in [5.41, 5.74) is 0.287. The first kappa shape index (κ1) is 17.9. The molecular weight excluding hydrogens is 312 g/mol. The van der Waals surface area contributed by atoms with Gasteiger partial charge in [0.15, 0.2) is 0 Å². The third-order valence-corrected chi connectivity index (χ3v) is 2.97. The number of halogens is 1. The molecule has 0 fully saturated rings. The van der Waals surface area contributed by atoms with Crippen molar-refractivity contribution in [1.82, 2.24) is 5.01 Å². The van der Waals surface area contributed by atoms with Crippen LogP contribution in [0.4, 0.5) is 0 Å². The van der Waals surface area contributed by atoms with Crippen molar-refractivity contribution in [1.29, 1.82) is 0 Å². The molecule has 1 unspecified atom stereocenters. The normalized spacial score (nSPS) is 11.5. The lowest BCUT2D eigenvalue weighted by atomic mass is 10.1. The van der Waals surface area contributed by atoms with Gasteiger partial charge in [-0.15, -0.1) is 11.6 Å². The summed E-state index contributed by atoms with van der Waals surface area (Å²) in [6.45, 7) is -0.0443. The van der Waals surface area contributed by atoms with Gasteiger partial charge in [-0.1, -0.05) is 18.2 Å². The van der Waals surface area contributed by atoms with E-state index < -0.39 is 23.9 Å². The molecule has 0 saturated heterocycles. The first-order chi connectivity index (χ1) is 10.5. The molecule has 1 rings (SSSR count). The first-order valence-corrected chi connectivity index (χ1v) is 7.08. The summed E-state index contributed by atoms with van der Waals surface area (Å²) in [5, 5.41) is 9.44. The van der Waals surface area contributed by atoms with Crippen molar-refractivity contribution >= 4 is 29.4 Å². The fourth-order valence-electron chi connectivity index (χ4n) is 1.74. The summed E-state index contributed by atoms with van der Waals surface area (Å²) in [7, 11) is 0. The number of nitrogens with two attached hydrogens (primary N) is 1. The maximum atomic E-state index is 12.2. The zero-order valence-corrected chi connectivity index (χ0v) is 12.5. The SMILES string of the molecule is NN(C(=O)c1ccccc1)C(CCC(=O)O)C(=O)OCCCl. The molecule has 7 nitrogen and oxygen atoms in total. The smallest absolute Gasteiger partial charge is 0.330 e. The molecule has 0 bridgehead atoms. The monoisotopic (exact) mass is 328 g/mol. The minimum Gasteiger partial charge on any atom is -0.481 e. The maximum Gasteiger partial charge on any atom is 0.330 e. The highest BCUT2D eigenvalue weighted by Gasteiger charge is 2.30. The number of hydrogen-bond donors (Lipinski definition) is 2. The number of alkyl halides is 1. The molecule has 0 heterocycles. The van der Waals surface area contributed by atoms with E-state index in [9.17, 15) is 14.4 Å². The van der Waals surface area contributed by atoms with Crippen molar-refractivity contribution in [3.05, 3.63) is 35.9 Å². The van der Waals surface area contributed by atoms with Crippen LogP contribution in [0, 0.1) is 0 Å². The quantitative estimate of drug-likeness (QED) is 0.242. The van der Waals surface area contributed by atoms with Gasteiger partial charge < -0.3 is 9.84 Å². The highest BCUT2D eigenvalue weighted by atomic mass is 35.5. The van der Waals surface area contributed by atoms with Crippen molar-refractivity contribution in [2.45, 2.75) is 18.9 Å². The summed E-state index contributed by atoms with van der Waals surface area (Å²) >= 11 is 5.43. The van der Waals surface area contributed by atoms with Crippen LogP contribution in [0.2, 0.25) is 0 Å². The van der Waals surface area contributed by atoms with Crippen LogP contribution in [0.1, 0.15) is 23.2 Å². The molecule has 8 heteroatoms. The lowest BCUT2D eigenvalue weighted by molar-refractivity contribution is -0.149. The minimum absolute atomic E-state index is 0.0443. The van der Waals surface area contributed by atoms with Gasteiger partial charge in [-0.05, 0) is 18.6 Å². The van der Waals surface area contributed by atoms with Crippen LogP contribution in [0.25, 0.3) is 0 Å². The van der Waals surface area contributed by atoms with Gasteiger partial charge in [0.1, 0.15) is 12.6 Å². The third kappa shape index (κ3) is 5.34. The van der Waals surface area contributed by atoms with Crippen molar-refractivity contribution in [2.24, 2.45) is 5.84 Å². The number of benzene rings is 1. The Morgan fingerprint density at radius 2 is 1.91 bits per heavy atom. The zero-order chi connectivity index (χ0) is 16.5. The molecule has 0 aliphatic heterocycles. The minimum atomic E-state index is -1.19. The largest absolute Gasteiger partial charge is 0.481 e. The Morgan fingerprint density at radius 3 is 2.45 bits per heavy atom. The molecule has 0 aliphatic carbocycles. The van der Waals surface area contributed by atoms with Crippen LogP contribution in [0.15, 0.2) is 30.3 Å². The van der Waals surface area contributed by atoms with E-state index in [0.29, 0.717) is 5.01 Å². The van der Waals surface area contributed by atoms with Gasteiger partial charge in [0.05, 0.1) is 5.88 Å². The Bertz CT molecular complexity index is 523. The van der Waals surface area contributed by atoms with Gasteiger partial charge in [-0.25, -0.2) is 10.6 Å². The van der Waals surface area contributed by atoms with E-state index in [1.54, 1.807) is 30.3 Å². The van der Waals surface area contributed by atoms with Gasteiger partial charge in [-0.3, -0.25) is 14.6 Å². The molecule has 0 aliphatic rings. The van der Waals surface area contributed by atoms with Crippen LogP contribution in [-0.2, 0) is 14.3 Å². The molecule has 1 amide bonds. The molecule has 1 aromatic carbocycles. The molecule has 0 radical (unpaired) electrons.